The van der Waals surface area contributed by atoms with Crippen LogP contribution in [0.25, 0.3) is 11.5 Å². The van der Waals surface area contributed by atoms with Crippen LogP contribution in [0.4, 0.5) is 5.82 Å². The second-order valence-corrected chi connectivity index (χ2v) is 11.2. The molecular weight excluding hydrogens is 398 g/mol. The molecule has 0 aliphatic heterocycles. The predicted octanol–water partition coefficient (Wildman–Crippen LogP) is 4.96. The summed E-state index contributed by atoms with van der Waals surface area (Å²) in [6, 6.07) is 5.50. The fourth-order valence-electron chi connectivity index (χ4n) is 4.24. The first-order chi connectivity index (χ1) is 14.9. The summed E-state index contributed by atoms with van der Waals surface area (Å²) in [4.78, 5) is 29.7. The lowest BCUT2D eigenvalue weighted by atomic mass is 9.88. The van der Waals surface area contributed by atoms with E-state index in [0.29, 0.717) is 5.82 Å². The smallest absolute Gasteiger partial charge is 0.243 e. The standard InChI is InChI=1S/C26H39N5O/c1-25(2,3)16-11-15-21(24(32)30-26(4,5)6)31(7)23-18-12-10-14-19(18)28-22(29-23)20-13-8-9-17-27-20/h8-9,13,17,21H,10-12,14-16H2,1-7H3,(H,30,32)/t21-/m0/s1. The summed E-state index contributed by atoms with van der Waals surface area (Å²) in [5.74, 6) is 1.56. The van der Waals surface area contributed by atoms with E-state index in [1.165, 1.54) is 5.56 Å². The van der Waals surface area contributed by atoms with Gasteiger partial charge in [0.25, 0.3) is 0 Å². The lowest BCUT2D eigenvalue weighted by Gasteiger charge is -2.33. The van der Waals surface area contributed by atoms with Crippen LogP contribution in [0.1, 0.15) is 78.5 Å². The van der Waals surface area contributed by atoms with Crippen molar-refractivity contribution in [3.05, 3.63) is 35.7 Å². The van der Waals surface area contributed by atoms with Gasteiger partial charge < -0.3 is 10.2 Å². The average Bonchev–Trinajstić information content (AvgIpc) is 3.17. The maximum Gasteiger partial charge on any atom is 0.243 e. The van der Waals surface area contributed by atoms with Gasteiger partial charge in [0.15, 0.2) is 5.82 Å². The van der Waals surface area contributed by atoms with Gasteiger partial charge in [-0.2, -0.15) is 0 Å². The molecule has 6 heteroatoms. The third-order valence-electron chi connectivity index (χ3n) is 5.81. The van der Waals surface area contributed by atoms with Crippen molar-refractivity contribution < 1.29 is 4.79 Å². The third kappa shape index (κ3) is 6.27. The molecule has 6 nitrogen and oxygen atoms in total. The summed E-state index contributed by atoms with van der Waals surface area (Å²) in [5.41, 5.74) is 2.99. The van der Waals surface area contributed by atoms with Gasteiger partial charge in [-0.1, -0.05) is 33.3 Å². The molecule has 3 rings (SSSR count). The number of anilines is 1. The molecule has 32 heavy (non-hydrogen) atoms. The van der Waals surface area contributed by atoms with Crippen molar-refractivity contribution in [3.63, 3.8) is 0 Å². The Labute approximate surface area is 193 Å². The van der Waals surface area contributed by atoms with Crippen molar-refractivity contribution in [2.75, 3.05) is 11.9 Å². The topological polar surface area (TPSA) is 71.0 Å². The average molecular weight is 438 g/mol. The van der Waals surface area contributed by atoms with Gasteiger partial charge in [-0.3, -0.25) is 9.78 Å². The summed E-state index contributed by atoms with van der Waals surface area (Å²) >= 11 is 0. The summed E-state index contributed by atoms with van der Waals surface area (Å²) in [7, 11) is 2.01. The van der Waals surface area contributed by atoms with Crippen LogP contribution in [0.15, 0.2) is 24.4 Å². The molecule has 1 aliphatic carbocycles. The molecule has 1 N–H and O–H groups in total. The number of carbonyl (C=O) groups excluding carboxylic acids is 1. The zero-order valence-electron chi connectivity index (χ0n) is 20.8. The van der Waals surface area contributed by atoms with Gasteiger partial charge in [0, 0.05) is 30.0 Å². The van der Waals surface area contributed by atoms with Crippen LogP contribution in [0, 0.1) is 5.41 Å². The summed E-state index contributed by atoms with van der Waals surface area (Å²) in [6.07, 6.45) is 7.57. The fraction of sp³-hybridized carbons (Fsp3) is 0.615. The highest BCUT2D eigenvalue weighted by molar-refractivity contribution is 5.85. The van der Waals surface area contributed by atoms with Gasteiger partial charge in [-0.15, -0.1) is 0 Å². The Bertz CT molecular complexity index is 928. The van der Waals surface area contributed by atoms with Crippen molar-refractivity contribution in [3.8, 4) is 11.5 Å². The van der Waals surface area contributed by atoms with E-state index < -0.39 is 0 Å². The molecule has 1 aliphatic rings. The van der Waals surface area contributed by atoms with E-state index in [-0.39, 0.29) is 22.9 Å². The van der Waals surface area contributed by atoms with Crippen molar-refractivity contribution in [1.82, 2.24) is 20.3 Å². The van der Waals surface area contributed by atoms with Gasteiger partial charge >= 0.3 is 0 Å². The summed E-state index contributed by atoms with van der Waals surface area (Å²) in [5, 5.41) is 3.20. The van der Waals surface area contributed by atoms with Crippen molar-refractivity contribution in [2.24, 2.45) is 5.41 Å². The number of rotatable bonds is 7. The van der Waals surface area contributed by atoms with Gasteiger partial charge in [0.1, 0.15) is 17.6 Å². The number of nitrogens with zero attached hydrogens (tertiary/aromatic N) is 4. The van der Waals surface area contributed by atoms with E-state index in [9.17, 15) is 4.79 Å². The van der Waals surface area contributed by atoms with Crippen LogP contribution < -0.4 is 10.2 Å². The minimum Gasteiger partial charge on any atom is -0.350 e. The van der Waals surface area contributed by atoms with Crippen molar-refractivity contribution >= 4 is 11.7 Å². The minimum absolute atomic E-state index is 0.0543. The van der Waals surface area contributed by atoms with Crippen LogP contribution in [-0.2, 0) is 17.6 Å². The molecule has 0 aromatic carbocycles. The highest BCUT2D eigenvalue weighted by atomic mass is 16.2. The van der Waals surface area contributed by atoms with Gasteiger partial charge in [0.05, 0.1) is 0 Å². The number of amides is 1. The van der Waals surface area contributed by atoms with Crippen LogP contribution in [0.2, 0.25) is 0 Å². The van der Waals surface area contributed by atoms with Crippen molar-refractivity contribution in [1.29, 1.82) is 0 Å². The van der Waals surface area contributed by atoms with E-state index in [1.807, 2.05) is 46.0 Å². The Morgan fingerprint density at radius 1 is 1.12 bits per heavy atom. The number of pyridine rings is 1. The van der Waals surface area contributed by atoms with Crippen molar-refractivity contribution in [2.45, 2.75) is 91.6 Å². The monoisotopic (exact) mass is 437 g/mol. The quantitative estimate of drug-likeness (QED) is 0.663. The first kappa shape index (κ1) is 24.1. The largest absolute Gasteiger partial charge is 0.350 e. The Kier molecular flexibility index (Phi) is 7.21. The highest BCUT2D eigenvalue weighted by Gasteiger charge is 2.31. The molecule has 0 spiro atoms. The molecule has 2 aromatic heterocycles. The zero-order valence-corrected chi connectivity index (χ0v) is 20.8. The van der Waals surface area contributed by atoms with E-state index in [1.54, 1.807) is 6.20 Å². The molecule has 0 saturated carbocycles. The molecule has 0 bridgehead atoms. The fourth-order valence-corrected chi connectivity index (χ4v) is 4.24. The normalized spacial score (nSPS) is 14.7. The minimum atomic E-state index is -0.285. The van der Waals surface area contributed by atoms with Crippen LogP contribution in [-0.4, -0.2) is 39.5 Å². The Morgan fingerprint density at radius 3 is 2.50 bits per heavy atom. The van der Waals surface area contributed by atoms with E-state index >= 15 is 0 Å². The first-order valence-electron chi connectivity index (χ1n) is 11.8. The van der Waals surface area contributed by atoms with E-state index in [0.717, 1.165) is 55.7 Å². The molecule has 1 amide bonds. The molecule has 0 saturated heterocycles. The van der Waals surface area contributed by atoms with Gasteiger partial charge in [-0.05, 0) is 70.4 Å². The number of aryl methyl sites for hydroxylation is 1. The van der Waals surface area contributed by atoms with Crippen LogP contribution >= 0.6 is 0 Å². The molecule has 0 unspecified atom stereocenters. The number of carbonyl (C=O) groups is 1. The number of hydrogen-bond donors (Lipinski definition) is 1. The molecule has 2 aromatic rings. The number of nitrogens with one attached hydrogen (secondary N) is 1. The maximum atomic E-state index is 13.4. The zero-order chi connectivity index (χ0) is 23.5. The first-order valence-corrected chi connectivity index (χ1v) is 11.8. The number of likely N-dealkylation sites (N-methyl/N-ethyl adjacent to an activating group) is 1. The molecule has 0 fully saturated rings. The highest BCUT2D eigenvalue weighted by Crippen LogP contribution is 2.32. The molecule has 1 atom stereocenters. The second-order valence-electron chi connectivity index (χ2n) is 11.2. The molecule has 174 valence electrons. The Balaban J connectivity index is 1.96. The van der Waals surface area contributed by atoms with E-state index in [2.05, 4.69) is 36.0 Å². The van der Waals surface area contributed by atoms with Crippen LogP contribution in [0.3, 0.4) is 0 Å². The van der Waals surface area contributed by atoms with Gasteiger partial charge in [-0.25, -0.2) is 9.97 Å². The lowest BCUT2D eigenvalue weighted by Crippen LogP contribution is -2.51. The van der Waals surface area contributed by atoms with E-state index in [4.69, 9.17) is 9.97 Å². The van der Waals surface area contributed by atoms with Crippen LogP contribution in [0.5, 0.6) is 0 Å². The lowest BCUT2D eigenvalue weighted by molar-refractivity contribution is -0.124. The molecular formula is C26H39N5O. The molecule has 0 radical (unpaired) electrons. The summed E-state index contributed by atoms with van der Waals surface area (Å²) < 4.78 is 0. The van der Waals surface area contributed by atoms with Gasteiger partial charge in [0.2, 0.25) is 5.91 Å². The second kappa shape index (κ2) is 9.55. The maximum absolute atomic E-state index is 13.4. The SMILES string of the molecule is CN(c1nc(-c2ccccn2)nc2c1CCC2)[C@@H](CCCC(C)(C)C)C(=O)NC(C)(C)C. The number of hydrogen-bond acceptors (Lipinski definition) is 5. The Morgan fingerprint density at radius 2 is 1.88 bits per heavy atom. The molecule has 2 heterocycles. The third-order valence-corrected chi connectivity index (χ3v) is 5.81. The Hall–Kier alpha value is -2.50. The number of aromatic nitrogens is 3. The summed E-state index contributed by atoms with van der Waals surface area (Å²) in [6.45, 7) is 12.8. The number of fused-ring (bicyclic) bond motifs is 1. The predicted molar refractivity (Wildman–Crippen MR) is 131 cm³/mol.